The molecular formula is C13H26N2O2. The number of piperazine rings is 1. The molecule has 1 N–H and O–H groups in total. The SMILES string of the molecule is CCCC(CC)N1CCN(C(C)C(=O)O)CC1. The van der Waals surface area contributed by atoms with E-state index in [1.165, 1.54) is 19.3 Å². The van der Waals surface area contributed by atoms with Crippen molar-refractivity contribution in [2.75, 3.05) is 26.2 Å². The zero-order chi connectivity index (χ0) is 12.8. The summed E-state index contributed by atoms with van der Waals surface area (Å²) < 4.78 is 0. The van der Waals surface area contributed by atoms with Gasteiger partial charge in [-0.15, -0.1) is 0 Å². The van der Waals surface area contributed by atoms with Gasteiger partial charge in [0.15, 0.2) is 0 Å². The number of carboxylic acid groups (broad SMARTS) is 1. The first-order chi connectivity index (χ1) is 8.10. The van der Waals surface area contributed by atoms with E-state index in [9.17, 15) is 4.79 Å². The maximum atomic E-state index is 10.9. The third-order valence-corrected chi connectivity index (χ3v) is 3.86. The summed E-state index contributed by atoms with van der Waals surface area (Å²) in [6.07, 6.45) is 3.68. The van der Waals surface area contributed by atoms with E-state index in [4.69, 9.17) is 5.11 Å². The lowest BCUT2D eigenvalue weighted by molar-refractivity contribution is -0.143. The van der Waals surface area contributed by atoms with Crippen LogP contribution >= 0.6 is 0 Å². The van der Waals surface area contributed by atoms with Gasteiger partial charge in [0.2, 0.25) is 0 Å². The summed E-state index contributed by atoms with van der Waals surface area (Å²) in [5.74, 6) is -0.709. The lowest BCUT2D eigenvalue weighted by atomic mass is 10.1. The number of hydrogen-bond acceptors (Lipinski definition) is 3. The number of nitrogens with zero attached hydrogens (tertiary/aromatic N) is 2. The molecule has 100 valence electrons. The Morgan fingerprint density at radius 3 is 2.12 bits per heavy atom. The number of carbonyl (C=O) groups is 1. The van der Waals surface area contributed by atoms with E-state index >= 15 is 0 Å². The van der Waals surface area contributed by atoms with Crippen LogP contribution in [-0.2, 0) is 4.79 Å². The van der Waals surface area contributed by atoms with Crippen LogP contribution < -0.4 is 0 Å². The van der Waals surface area contributed by atoms with Crippen molar-refractivity contribution >= 4 is 5.97 Å². The highest BCUT2D eigenvalue weighted by molar-refractivity contribution is 5.72. The lowest BCUT2D eigenvalue weighted by Gasteiger charge is -2.40. The molecule has 0 aromatic rings. The zero-order valence-electron chi connectivity index (χ0n) is 11.4. The fraction of sp³-hybridized carbons (Fsp3) is 0.923. The Balaban J connectivity index is 2.41. The Morgan fingerprint density at radius 1 is 1.18 bits per heavy atom. The van der Waals surface area contributed by atoms with Gasteiger partial charge in [0.05, 0.1) is 0 Å². The van der Waals surface area contributed by atoms with Gasteiger partial charge in [0.25, 0.3) is 0 Å². The maximum Gasteiger partial charge on any atom is 0.320 e. The largest absolute Gasteiger partial charge is 0.480 e. The molecule has 17 heavy (non-hydrogen) atoms. The molecule has 1 rings (SSSR count). The standard InChI is InChI=1S/C13H26N2O2/c1-4-6-12(5-2)15-9-7-14(8-10-15)11(3)13(16)17/h11-12H,4-10H2,1-3H3,(H,16,17). The van der Waals surface area contributed by atoms with Crippen molar-refractivity contribution in [3.05, 3.63) is 0 Å². The van der Waals surface area contributed by atoms with E-state index in [1.807, 2.05) is 0 Å². The van der Waals surface area contributed by atoms with Crippen molar-refractivity contribution in [3.8, 4) is 0 Å². The molecule has 1 aliphatic heterocycles. The van der Waals surface area contributed by atoms with Crippen LogP contribution in [-0.4, -0.2) is 59.1 Å². The molecule has 1 saturated heterocycles. The van der Waals surface area contributed by atoms with Gasteiger partial charge >= 0.3 is 5.97 Å². The summed E-state index contributed by atoms with van der Waals surface area (Å²) in [5, 5.41) is 8.98. The van der Waals surface area contributed by atoms with Gasteiger partial charge in [-0.05, 0) is 19.8 Å². The van der Waals surface area contributed by atoms with Gasteiger partial charge in [0, 0.05) is 32.2 Å². The van der Waals surface area contributed by atoms with Crippen molar-refractivity contribution in [2.45, 2.75) is 52.1 Å². The zero-order valence-corrected chi connectivity index (χ0v) is 11.4. The van der Waals surface area contributed by atoms with Gasteiger partial charge in [-0.25, -0.2) is 0 Å². The fourth-order valence-electron chi connectivity index (χ4n) is 2.62. The molecule has 0 radical (unpaired) electrons. The molecule has 0 aliphatic carbocycles. The number of hydrogen-bond donors (Lipinski definition) is 1. The topological polar surface area (TPSA) is 43.8 Å². The molecule has 0 spiro atoms. The molecule has 0 bridgehead atoms. The molecule has 4 heteroatoms. The third-order valence-electron chi connectivity index (χ3n) is 3.86. The van der Waals surface area contributed by atoms with Crippen LogP contribution in [0, 0.1) is 0 Å². The first kappa shape index (κ1) is 14.5. The molecule has 1 fully saturated rings. The second-order valence-corrected chi connectivity index (χ2v) is 4.94. The Kier molecular flexibility index (Phi) is 5.92. The summed E-state index contributed by atoms with van der Waals surface area (Å²) in [5.41, 5.74) is 0. The minimum Gasteiger partial charge on any atom is -0.480 e. The lowest BCUT2D eigenvalue weighted by Crippen LogP contribution is -2.54. The van der Waals surface area contributed by atoms with Crippen LogP contribution in [0.3, 0.4) is 0 Å². The van der Waals surface area contributed by atoms with Crippen LogP contribution in [0.4, 0.5) is 0 Å². The highest BCUT2D eigenvalue weighted by Crippen LogP contribution is 2.15. The van der Waals surface area contributed by atoms with Gasteiger partial charge in [-0.2, -0.15) is 0 Å². The Morgan fingerprint density at radius 2 is 1.71 bits per heavy atom. The Labute approximate surface area is 105 Å². The monoisotopic (exact) mass is 242 g/mol. The highest BCUT2D eigenvalue weighted by Gasteiger charge is 2.27. The van der Waals surface area contributed by atoms with Gasteiger partial charge in [0.1, 0.15) is 6.04 Å². The van der Waals surface area contributed by atoms with Crippen molar-refractivity contribution in [2.24, 2.45) is 0 Å². The van der Waals surface area contributed by atoms with Crippen LogP contribution in [0.5, 0.6) is 0 Å². The average Bonchev–Trinajstić information content (AvgIpc) is 2.35. The van der Waals surface area contributed by atoms with Crippen molar-refractivity contribution in [1.82, 2.24) is 9.80 Å². The molecule has 2 atom stereocenters. The first-order valence-electron chi connectivity index (χ1n) is 6.81. The average molecular weight is 242 g/mol. The van der Waals surface area contributed by atoms with Crippen molar-refractivity contribution in [3.63, 3.8) is 0 Å². The Hall–Kier alpha value is -0.610. The van der Waals surface area contributed by atoms with E-state index in [0.29, 0.717) is 6.04 Å². The molecule has 2 unspecified atom stereocenters. The number of aliphatic carboxylic acids is 1. The molecule has 0 amide bonds. The van der Waals surface area contributed by atoms with E-state index in [0.717, 1.165) is 26.2 Å². The Bertz CT molecular complexity index is 238. The third kappa shape index (κ3) is 3.96. The van der Waals surface area contributed by atoms with E-state index in [1.54, 1.807) is 6.92 Å². The van der Waals surface area contributed by atoms with Crippen LogP contribution in [0.25, 0.3) is 0 Å². The fourth-order valence-corrected chi connectivity index (χ4v) is 2.62. The maximum absolute atomic E-state index is 10.9. The normalized spacial score (nSPS) is 22.3. The molecule has 1 aliphatic rings. The number of carboxylic acids is 1. The van der Waals surface area contributed by atoms with Crippen molar-refractivity contribution < 1.29 is 9.90 Å². The summed E-state index contributed by atoms with van der Waals surface area (Å²) in [6, 6.07) is 0.339. The molecule has 4 nitrogen and oxygen atoms in total. The van der Waals surface area contributed by atoms with Crippen molar-refractivity contribution in [1.29, 1.82) is 0 Å². The highest BCUT2D eigenvalue weighted by atomic mass is 16.4. The quantitative estimate of drug-likeness (QED) is 0.769. The first-order valence-corrected chi connectivity index (χ1v) is 6.81. The van der Waals surface area contributed by atoms with E-state index in [-0.39, 0.29) is 6.04 Å². The summed E-state index contributed by atoms with van der Waals surface area (Å²) >= 11 is 0. The summed E-state index contributed by atoms with van der Waals surface area (Å²) in [7, 11) is 0. The molecule has 0 aromatic heterocycles. The van der Waals surface area contributed by atoms with Crippen LogP contribution in [0.2, 0.25) is 0 Å². The molecular weight excluding hydrogens is 216 g/mol. The smallest absolute Gasteiger partial charge is 0.320 e. The van der Waals surface area contributed by atoms with Crippen LogP contribution in [0.15, 0.2) is 0 Å². The summed E-state index contributed by atoms with van der Waals surface area (Å²) in [6.45, 7) is 10.0. The molecule has 0 saturated carbocycles. The summed E-state index contributed by atoms with van der Waals surface area (Å²) in [4.78, 5) is 15.5. The number of rotatable bonds is 6. The predicted molar refractivity (Wildman–Crippen MR) is 69.2 cm³/mol. The second-order valence-electron chi connectivity index (χ2n) is 4.94. The minimum atomic E-state index is -0.709. The minimum absolute atomic E-state index is 0.344. The predicted octanol–water partition coefficient (Wildman–Crippen LogP) is 1.66. The second kappa shape index (κ2) is 6.97. The van der Waals surface area contributed by atoms with Gasteiger partial charge < -0.3 is 5.11 Å². The van der Waals surface area contributed by atoms with E-state index in [2.05, 4.69) is 23.6 Å². The van der Waals surface area contributed by atoms with Gasteiger partial charge in [-0.3, -0.25) is 14.6 Å². The van der Waals surface area contributed by atoms with Crippen LogP contribution in [0.1, 0.15) is 40.0 Å². The van der Waals surface area contributed by atoms with Gasteiger partial charge in [-0.1, -0.05) is 20.3 Å². The molecule has 1 heterocycles. The van der Waals surface area contributed by atoms with E-state index < -0.39 is 5.97 Å². The molecule has 0 aromatic carbocycles.